The van der Waals surface area contributed by atoms with Crippen LogP contribution in [-0.2, 0) is 6.42 Å². The van der Waals surface area contributed by atoms with Crippen LogP contribution < -0.4 is 0 Å². The first-order chi connectivity index (χ1) is 8.20. The van der Waals surface area contributed by atoms with E-state index < -0.39 is 0 Å². The number of aryl methyl sites for hydroxylation is 2. The predicted molar refractivity (Wildman–Crippen MR) is 63.5 cm³/mol. The number of benzene rings is 1. The molecule has 0 aliphatic heterocycles. The first kappa shape index (κ1) is 12.0. The Hall–Kier alpha value is -1.42. The molecule has 1 heterocycles. The summed E-state index contributed by atoms with van der Waals surface area (Å²) in [6.45, 7) is 1.71. The summed E-state index contributed by atoms with van der Waals surface area (Å²) in [7, 11) is 0. The van der Waals surface area contributed by atoms with Crippen molar-refractivity contribution in [1.29, 1.82) is 0 Å². The predicted octanol–water partition coefficient (Wildman–Crippen LogP) is 3.36. The summed E-state index contributed by atoms with van der Waals surface area (Å²) in [4.78, 5) is 0. The average molecular weight is 255 g/mol. The summed E-state index contributed by atoms with van der Waals surface area (Å²) < 4.78 is 18.8. The molecule has 1 aromatic heterocycles. The molecule has 0 unspecified atom stereocenters. The highest BCUT2D eigenvalue weighted by Crippen LogP contribution is 2.20. The van der Waals surface area contributed by atoms with Gasteiger partial charge in [-0.2, -0.15) is 0 Å². The van der Waals surface area contributed by atoms with Crippen LogP contribution in [0.1, 0.15) is 17.9 Å². The Morgan fingerprint density at radius 3 is 2.88 bits per heavy atom. The van der Waals surface area contributed by atoms with Crippen molar-refractivity contribution in [2.45, 2.75) is 19.8 Å². The fourth-order valence-electron chi connectivity index (χ4n) is 1.42. The van der Waals surface area contributed by atoms with Gasteiger partial charge < -0.3 is 4.42 Å². The highest BCUT2D eigenvalue weighted by atomic mass is 35.5. The zero-order valence-corrected chi connectivity index (χ0v) is 10.2. The van der Waals surface area contributed by atoms with Crippen LogP contribution >= 0.6 is 11.6 Å². The number of aromatic nitrogens is 2. The van der Waals surface area contributed by atoms with Crippen LogP contribution in [0.25, 0.3) is 11.5 Å². The lowest BCUT2D eigenvalue weighted by Crippen LogP contribution is -1.85. The molecule has 2 rings (SSSR count). The van der Waals surface area contributed by atoms with Crippen molar-refractivity contribution in [1.82, 2.24) is 10.2 Å². The third kappa shape index (κ3) is 2.82. The maximum absolute atomic E-state index is 13.4. The number of rotatable bonds is 4. The van der Waals surface area contributed by atoms with Crippen molar-refractivity contribution in [3.05, 3.63) is 35.5 Å². The Bertz CT molecular complexity index is 513. The molecule has 0 aliphatic rings. The second kappa shape index (κ2) is 5.27. The molecule has 0 radical (unpaired) electrons. The fraction of sp³-hybridized carbons (Fsp3) is 0.333. The summed E-state index contributed by atoms with van der Waals surface area (Å²) in [5.41, 5.74) is 1.19. The molecular formula is C12H12ClFN2O. The van der Waals surface area contributed by atoms with Crippen molar-refractivity contribution in [3.63, 3.8) is 0 Å². The van der Waals surface area contributed by atoms with Gasteiger partial charge in [0.05, 0.1) is 0 Å². The van der Waals surface area contributed by atoms with E-state index in [-0.39, 0.29) is 5.82 Å². The molecule has 90 valence electrons. The summed E-state index contributed by atoms with van der Waals surface area (Å²) in [5.74, 6) is 1.15. The number of hydrogen-bond donors (Lipinski definition) is 0. The number of nitrogens with zero attached hydrogens (tertiary/aromatic N) is 2. The van der Waals surface area contributed by atoms with E-state index in [1.165, 1.54) is 6.07 Å². The fourth-order valence-corrected chi connectivity index (χ4v) is 1.55. The van der Waals surface area contributed by atoms with Crippen LogP contribution in [0.3, 0.4) is 0 Å². The molecule has 0 saturated carbocycles. The van der Waals surface area contributed by atoms with E-state index in [2.05, 4.69) is 10.2 Å². The first-order valence-corrected chi connectivity index (χ1v) is 5.89. The number of halogens is 2. The first-order valence-electron chi connectivity index (χ1n) is 5.35. The quantitative estimate of drug-likeness (QED) is 0.786. The third-order valence-corrected chi connectivity index (χ3v) is 2.68. The molecule has 0 aliphatic carbocycles. The zero-order valence-electron chi connectivity index (χ0n) is 9.41. The van der Waals surface area contributed by atoms with Gasteiger partial charge in [-0.25, -0.2) is 4.39 Å². The van der Waals surface area contributed by atoms with Crippen LogP contribution in [0.4, 0.5) is 4.39 Å². The van der Waals surface area contributed by atoms with Gasteiger partial charge in [-0.1, -0.05) is 6.07 Å². The normalized spacial score (nSPS) is 10.8. The zero-order chi connectivity index (χ0) is 12.3. The molecule has 0 spiro atoms. The third-order valence-electron chi connectivity index (χ3n) is 2.41. The average Bonchev–Trinajstić information content (AvgIpc) is 2.79. The molecule has 1 aromatic carbocycles. The molecule has 0 fully saturated rings. The van der Waals surface area contributed by atoms with Crippen molar-refractivity contribution in [2.75, 3.05) is 5.88 Å². The summed E-state index contributed by atoms with van der Waals surface area (Å²) >= 11 is 5.57. The molecule has 0 atom stereocenters. The van der Waals surface area contributed by atoms with Gasteiger partial charge in [-0.3, -0.25) is 0 Å². The smallest absolute Gasteiger partial charge is 0.247 e. The van der Waals surface area contributed by atoms with Crippen LogP contribution in [0.15, 0.2) is 22.6 Å². The maximum atomic E-state index is 13.4. The lowest BCUT2D eigenvalue weighted by atomic mass is 10.1. The van der Waals surface area contributed by atoms with Gasteiger partial charge in [-0.15, -0.1) is 21.8 Å². The Morgan fingerprint density at radius 2 is 2.18 bits per heavy atom. The highest BCUT2D eigenvalue weighted by molar-refractivity contribution is 6.17. The van der Waals surface area contributed by atoms with Gasteiger partial charge >= 0.3 is 0 Å². The largest absolute Gasteiger partial charge is 0.421 e. The molecular weight excluding hydrogens is 243 g/mol. The van der Waals surface area contributed by atoms with E-state index in [0.29, 0.717) is 35.2 Å². The lowest BCUT2D eigenvalue weighted by molar-refractivity contribution is 0.502. The van der Waals surface area contributed by atoms with E-state index >= 15 is 0 Å². The minimum atomic E-state index is -0.275. The van der Waals surface area contributed by atoms with Crippen LogP contribution in [-0.4, -0.2) is 16.1 Å². The standard InChI is InChI=1S/C12H12ClFN2O/c1-8-4-5-9(7-10(8)14)12-16-15-11(17-12)3-2-6-13/h4-5,7H,2-3,6H2,1H3. The maximum Gasteiger partial charge on any atom is 0.247 e. The van der Waals surface area contributed by atoms with Gasteiger partial charge in [0.1, 0.15) is 5.82 Å². The molecule has 0 N–H and O–H groups in total. The Morgan fingerprint density at radius 1 is 1.35 bits per heavy atom. The van der Waals surface area contributed by atoms with E-state index in [4.69, 9.17) is 16.0 Å². The Kier molecular flexibility index (Phi) is 3.74. The Labute approximate surface area is 104 Å². The van der Waals surface area contributed by atoms with Gasteiger partial charge in [-0.05, 0) is 31.0 Å². The number of alkyl halides is 1. The molecule has 5 heteroatoms. The molecule has 0 saturated heterocycles. The minimum Gasteiger partial charge on any atom is -0.421 e. The molecule has 0 bridgehead atoms. The van der Waals surface area contributed by atoms with Crippen molar-refractivity contribution >= 4 is 11.6 Å². The SMILES string of the molecule is Cc1ccc(-c2nnc(CCCCl)o2)cc1F. The topological polar surface area (TPSA) is 38.9 Å². The van der Waals surface area contributed by atoms with Gasteiger partial charge in [0.15, 0.2) is 0 Å². The summed E-state index contributed by atoms with van der Waals surface area (Å²) in [5, 5.41) is 7.77. The van der Waals surface area contributed by atoms with Gasteiger partial charge in [0, 0.05) is 17.9 Å². The number of hydrogen-bond acceptors (Lipinski definition) is 3. The van der Waals surface area contributed by atoms with E-state index in [1.54, 1.807) is 19.1 Å². The minimum absolute atomic E-state index is 0.275. The second-order valence-electron chi connectivity index (χ2n) is 3.76. The Balaban J connectivity index is 2.21. The lowest BCUT2D eigenvalue weighted by Gasteiger charge is -1.98. The van der Waals surface area contributed by atoms with E-state index in [9.17, 15) is 4.39 Å². The van der Waals surface area contributed by atoms with Gasteiger partial charge in [0.2, 0.25) is 11.8 Å². The monoisotopic (exact) mass is 254 g/mol. The molecule has 2 aromatic rings. The van der Waals surface area contributed by atoms with E-state index in [0.717, 1.165) is 6.42 Å². The van der Waals surface area contributed by atoms with Crippen LogP contribution in [0.5, 0.6) is 0 Å². The van der Waals surface area contributed by atoms with Crippen LogP contribution in [0.2, 0.25) is 0 Å². The van der Waals surface area contributed by atoms with Crippen molar-refractivity contribution < 1.29 is 8.81 Å². The van der Waals surface area contributed by atoms with Crippen molar-refractivity contribution in [2.24, 2.45) is 0 Å². The van der Waals surface area contributed by atoms with E-state index in [1.807, 2.05) is 0 Å². The molecule has 3 nitrogen and oxygen atoms in total. The molecule has 0 amide bonds. The van der Waals surface area contributed by atoms with Crippen molar-refractivity contribution in [3.8, 4) is 11.5 Å². The summed E-state index contributed by atoms with van der Waals surface area (Å²) in [6.07, 6.45) is 1.43. The molecule has 17 heavy (non-hydrogen) atoms. The highest BCUT2D eigenvalue weighted by Gasteiger charge is 2.09. The van der Waals surface area contributed by atoms with Crippen LogP contribution in [0, 0.1) is 12.7 Å². The van der Waals surface area contributed by atoms with Gasteiger partial charge in [0.25, 0.3) is 0 Å². The second-order valence-corrected chi connectivity index (χ2v) is 4.14. The summed E-state index contributed by atoms with van der Waals surface area (Å²) in [6, 6.07) is 4.85.